The van der Waals surface area contributed by atoms with Crippen LogP contribution in [0.2, 0.25) is 5.02 Å². The Hall–Kier alpha value is -0.660. The van der Waals surface area contributed by atoms with E-state index in [1.165, 1.54) is 0 Å². The molecule has 2 N–H and O–H groups in total. The van der Waals surface area contributed by atoms with Gasteiger partial charge in [0.1, 0.15) is 4.90 Å². The van der Waals surface area contributed by atoms with E-state index in [-0.39, 0.29) is 22.6 Å². The minimum absolute atomic E-state index is 0.0709. The molecule has 1 aromatic rings. The fraction of sp³-hybridized carbons (Fsp3) is 0.571. The lowest BCUT2D eigenvalue weighted by Crippen LogP contribution is -2.28. The highest BCUT2D eigenvalue weighted by molar-refractivity contribution is 7.89. The van der Waals surface area contributed by atoms with Crippen LogP contribution in [0.5, 0.6) is 0 Å². The number of halogens is 1. The maximum Gasteiger partial charge on any atom is 0.242 e. The van der Waals surface area contributed by atoms with Crippen LogP contribution in [0.15, 0.2) is 23.1 Å². The van der Waals surface area contributed by atoms with Gasteiger partial charge in [-0.05, 0) is 38.1 Å². The smallest absolute Gasteiger partial charge is 0.242 e. The van der Waals surface area contributed by atoms with E-state index in [0.717, 1.165) is 12.1 Å². The molecule has 0 bridgehead atoms. The summed E-state index contributed by atoms with van der Waals surface area (Å²) in [6.07, 6.45) is 0.0709. The SMILES string of the molecule is CCNCc1ccc(Cl)c(S(=O)(=O)NCCOC(C)C)c1. The molecule has 0 fully saturated rings. The molecule has 0 unspecified atom stereocenters. The number of sulfonamides is 1. The van der Waals surface area contributed by atoms with Crippen LogP contribution in [0.3, 0.4) is 0 Å². The Kier molecular flexibility index (Phi) is 7.62. The van der Waals surface area contributed by atoms with Crippen LogP contribution in [0, 0.1) is 0 Å². The third kappa shape index (κ3) is 6.32. The predicted molar refractivity (Wildman–Crippen MR) is 85.1 cm³/mol. The van der Waals surface area contributed by atoms with Crippen molar-refractivity contribution >= 4 is 21.6 Å². The van der Waals surface area contributed by atoms with Crippen LogP contribution in [0.25, 0.3) is 0 Å². The number of ether oxygens (including phenoxy) is 1. The second kappa shape index (κ2) is 8.70. The van der Waals surface area contributed by atoms with Crippen LogP contribution in [0.4, 0.5) is 0 Å². The van der Waals surface area contributed by atoms with Gasteiger partial charge in [-0.3, -0.25) is 0 Å². The topological polar surface area (TPSA) is 67.4 Å². The molecule has 0 spiro atoms. The predicted octanol–water partition coefficient (Wildman–Crippen LogP) is 2.15. The van der Waals surface area contributed by atoms with E-state index in [4.69, 9.17) is 16.3 Å². The lowest BCUT2D eigenvalue weighted by atomic mass is 10.2. The first-order valence-electron chi connectivity index (χ1n) is 6.97. The summed E-state index contributed by atoms with van der Waals surface area (Å²) in [5.74, 6) is 0. The van der Waals surface area contributed by atoms with Crippen molar-refractivity contribution in [3.63, 3.8) is 0 Å². The zero-order chi connectivity index (χ0) is 15.9. The van der Waals surface area contributed by atoms with Gasteiger partial charge in [0, 0.05) is 13.1 Å². The molecule has 0 aromatic heterocycles. The lowest BCUT2D eigenvalue weighted by molar-refractivity contribution is 0.0834. The summed E-state index contributed by atoms with van der Waals surface area (Å²) in [5.41, 5.74) is 0.875. The Morgan fingerprint density at radius 2 is 2.05 bits per heavy atom. The maximum absolute atomic E-state index is 12.3. The molecule has 1 rings (SSSR count). The third-order valence-corrected chi connectivity index (χ3v) is 4.65. The number of hydrogen-bond donors (Lipinski definition) is 2. The molecule has 0 saturated carbocycles. The van der Waals surface area contributed by atoms with E-state index in [1.54, 1.807) is 12.1 Å². The first-order valence-corrected chi connectivity index (χ1v) is 8.83. The van der Waals surface area contributed by atoms with Crippen molar-refractivity contribution in [1.29, 1.82) is 0 Å². The molecule has 0 atom stereocenters. The van der Waals surface area contributed by atoms with Gasteiger partial charge in [-0.15, -0.1) is 0 Å². The number of nitrogens with one attached hydrogen (secondary N) is 2. The number of rotatable bonds is 9. The lowest BCUT2D eigenvalue weighted by Gasteiger charge is -2.11. The van der Waals surface area contributed by atoms with Crippen LogP contribution in [-0.2, 0) is 21.3 Å². The minimum Gasteiger partial charge on any atom is -0.377 e. The van der Waals surface area contributed by atoms with Crippen molar-refractivity contribution in [3.8, 4) is 0 Å². The Labute approximate surface area is 132 Å². The molecule has 0 aliphatic heterocycles. The van der Waals surface area contributed by atoms with E-state index in [0.29, 0.717) is 13.2 Å². The standard InChI is InChI=1S/C14H23ClN2O3S/c1-4-16-10-12-5-6-13(15)14(9-12)21(18,19)17-7-8-20-11(2)3/h5-6,9,11,16-17H,4,7-8,10H2,1-3H3. The molecule has 7 heteroatoms. The summed E-state index contributed by atoms with van der Waals surface area (Å²) in [6, 6.07) is 5.01. The zero-order valence-electron chi connectivity index (χ0n) is 12.6. The van der Waals surface area contributed by atoms with Gasteiger partial charge in [0.25, 0.3) is 0 Å². The van der Waals surface area contributed by atoms with Crippen LogP contribution >= 0.6 is 11.6 Å². The number of benzene rings is 1. The van der Waals surface area contributed by atoms with Crippen molar-refractivity contribution < 1.29 is 13.2 Å². The molecule has 0 radical (unpaired) electrons. The molecule has 5 nitrogen and oxygen atoms in total. The van der Waals surface area contributed by atoms with Crippen LogP contribution in [-0.4, -0.2) is 34.2 Å². The third-order valence-electron chi connectivity index (χ3n) is 2.71. The summed E-state index contributed by atoms with van der Waals surface area (Å²) in [6.45, 7) is 7.75. The quantitative estimate of drug-likeness (QED) is 0.679. The van der Waals surface area contributed by atoms with E-state index >= 15 is 0 Å². The van der Waals surface area contributed by atoms with E-state index in [2.05, 4.69) is 10.0 Å². The summed E-state index contributed by atoms with van der Waals surface area (Å²) in [7, 11) is -3.63. The van der Waals surface area contributed by atoms with Crippen LogP contribution in [0.1, 0.15) is 26.3 Å². The van der Waals surface area contributed by atoms with Crippen molar-refractivity contribution in [2.45, 2.75) is 38.3 Å². The molecule has 0 aliphatic carbocycles. The fourth-order valence-electron chi connectivity index (χ4n) is 1.68. The second-order valence-electron chi connectivity index (χ2n) is 4.86. The van der Waals surface area contributed by atoms with Crippen molar-refractivity contribution in [3.05, 3.63) is 28.8 Å². The van der Waals surface area contributed by atoms with Gasteiger partial charge in [-0.25, -0.2) is 13.1 Å². The van der Waals surface area contributed by atoms with Gasteiger partial charge in [-0.1, -0.05) is 24.6 Å². The highest BCUT2D eigenvalue weighted by Gasteiger charge is 2.18. The normalized spacial score (nSPS) is 12.0. The van der Waals surface area contributed by atoms with Gasteiger partial charge in [0.2, 0.25) is 10.0 Å². The van der Waals surface area contributed by atoms with E-state index in [1.807, 2.05) is 26.8 Å². The molecule has 1 aromatic carbocycles. The molecule has 120 valence electrons. The molecule has 0 aliphatic rings. The van der Waals surface area contributed by atoms with Gasteiger partial charge in [0.15, 0.2) is 0 Å². The van der Waals surface area contributed by atoms with E-state index < -0.39 is 10.0 Å². The molecular formula is C14H23ClN2O3S. The summed E-state index contributed by atoms with van der Waals surface area (Å²) in [5, 5.41) is 3.36. The van der Waals surface area contributed by atoms with Gasteiger partial charge >= 0.3 is 0 Å². The molecule has 21 heavy (non-hydrogen) atoms. The van der Waals surface area contributed by atoms with Crippen molar-refractivity contribution in [2.24, 2.45) is 0 Å². The Balaban J connectivity index is 2.76. The maximum atomic E-state index is 12.3. The largest absolute Gasteiger partial charge is 0.377 e. The first-order chi connectivity index (χ1) is 9.86. The highest BCUT2D eigenvalue weighted by atomic mass is 35.5. The average molecular weight is 335 g/mol. The van der Waals surface area contributed by atoms with Crippen molar-refractivity contribution in [1.82, 2.24) is 10.0 Å². The Morgan fingerprint density at radius 1 is 1.33 bits per heavy atom. The molecule has 0 heterocycles. The monoisotopic (exact) mass is 334 g/mol. The van der Waals surface area contributed by atoms with Gasteiger partial charge in [-0.2, -0.15) is 0 Å². The molecule has 0 saturated heterocycles. The minimum atomic E-state index is -3.63. The highest BCUT2D eigenvalue weighted by Crippen LogP contribution is 2.22. The molecule has 0 amide bonds. The Bertz CT molecular complexity index is 547. The van der Waals surface area contributed by atoms with Crippen LogP contribution < -0.4 is 10.0 Å². The molecular weight excluding hydrogens is 312 g/mol. The zero-order valence-corrected chi connectivity index (χ0v) is 14.2. The first kappa shape index (κ1) is 18.4. The Morgan fingerprint density at radius 3 is 2.67 bits per heavy atom. The van der Waals surface area contributed by atoms with Crippen molar-refractivity contribution in [2.75, 3.05) is 19.7 Å². The average Bonchev–Trinajstić information content (AvgIpc) is 2.42. The fourth-order valence-corrected chi connectivity index (χ4v) is 3.24. The summed E-state index contributed by atoms with van der Waals surface area (Å²) >= 11 is 6.01. The van der Waals surface area contributed by atoms with Gasteiger partial charge in [0.05, 0.1) is 17.7 Å². The second-order valence-corrected chi connectivity index (χ2v) is 7.00. The summed E-state index contributed by atoms with van der Waals surface area (Å²) in [4.78, 5) is 0.101. The van der Waals surface area contributed by atoms with E-state index in [9.17, 15) is 8.42 Å². The van der Waals surface area contributed by atoms with Gasteiger partial charge < -0.3 is 10.1 Å². The summed E-state index contributed by atoms with van der Waals surface area (Å²) < 4.78 is 32.3. The number of hydrogen-bond acceptors (Lipinski definition) is 4.